The Hall–Kier alpha value is -2.40. The minimum absolute atomic E-state index is 0.0117. The Bertz CT molecular complexity index is 877. The molecule has 1 aromatic heterocycles. The van der Waals surface area contributed by atoms with Gasteiger partial charge in [0.25, 0.3) is 5.56 Å². The average Bonchev–Trinajstić information content (AvgIpc) is 2.42. The van der Waals surface area contributed by atoms with Gasteiger partial charge in [0, 0.05) is 5.56 Å². The molecular formula is C14H8ClFN2O2. The summed E-state index contributed by atoms with van der Waals surface area (Å²) in [6.07, 6.45) is 0. The molecule has 0 amide bonds. The number of hydrogen-bond acceptors (Lipinski definition) is 3. The third kappa shape index (κ3) is 2.12. The minimum Gasteiger partial charge on any atom is -0.508 e. The molecule has 2 aromatic carbocycles. The van der Waals surface area contributed by atoms with Gasteiger partial charge in [-0.3, -0.25) is 4.79 Å². The van der Waals surface area contributed by atoms with Crippen LogP contribution in [0.3, 0.4) is 0 Å². The predicted octanol–water partition coefficient (Wildman–Crippen LogP) is 3.09. The van der Waals surface area contributed by atoms with Crippen LogP contribution in [0.15, 0.2) is 41.2 Å². The van der Waals surface area contributed by atoms with Crippen molar-refractivity contribution in [2.24, 2.45) is 0 Å². The summed E-state index contributed by atoms with van der Waals surface area (Å²) in [6, 6.07) is 8.39. The van der Waals surface area contributed by atoms with Gasteiger partial charge in [0.15, 0.2) is 0 Å². The fraction of sp³-hybridized carbons (Fsp3) is 0. The van der Waals surface area contributed by atoms with Crippen molar-refractivity contribution in [2.75, 3.05) is 0 Å². The number of aromatic amines is 1. The summed E-state index contributed by atoms with van der Waals surface area (Å²) < 4.78 is 13.1. The lowest BCUT2D eigenvalue weighted by molar-refractivity contribution is 0.476. The molecule has 6 heteroatoms. The summed E-state index contributed by atoms with van der Waals surface area (Å²) in [6.45, 7) is 0. The Morgan fingerprint density at radius 1 is 1.20 bits per heavy atom. The van der Waals surface area contributed by atoms with Crippen molar-refractivity contribution < 1.29 is 9.50 Å². The number of phenolic OH excluding ortho intramolecular Hbond substituents is 1. The van der Waals surface area contributed by atoms with Gasteiger partial charge in [0.05, 0.1) is 15.9 Å². The van der Waals surface area contributed by atoms with Crippen LogP contribution in [0.5, 0.6) is 5.75 Å². The average molecular weight is 291 g/mol. The number of benzene rings is 2. The molecule has 0 aliphatic carbocycles. The van der Waals surface area contributed by atoms with Crippen molar-refractivity contribution >= 4 is 22.5 Å². The van der Waals surface area contributed by atoms with E-state index < -0.39 is 5.82 Å². The summed E-state index contributed by atoms with van der Waals surface area (Å²) in [5.41, 5.74) is 0.548. The second kappa shape index (κ2) is 4.61. The predicted molar refractivity (Wildman–Crippen MR) is 74.4 cm³/mol. The van der Waals surface area contributed by atoms with Crippen molar-refractivity contribution in [2.45, 2.75) is 0 Å². The molecule has 0 radical (unpaired) electrons. The van der Waals surface area contributed by atoms with Crippen molar-refractivity contribution in [1.29, 1.82) is 0 Å². The molecule has 1 heterocycles. The molecule has 3 rings (SSSR count). The Labute approximate surface area is 117 Å². The summed E-state index contributed by atoms with van der Waals surface area (Å²) in [5, 5.41) is 9.60. The van der Waals surface area contributed by atoms with Gasteiger partial charge in [0.2, 0.25) is 0 Å². The van der Waals surface area contributed by atoms with Crippen LogP contribution in [0.4, 0.5) is 4.39 Å². The fourth-order valence-corrected chi connectivity index (χ4v) is 2.09. The molecule has 0 unspecified atom stereocenters. The maximum Gasteiger partial charge on any atom is 0.259 e. The lowest BCUT2D eigenvalue weighted by atomic mass is 10.2. The van der Waals surface area contributed by atoms with Crippen molar-refractivity contribution in [3.8, 4) is 17.1 Å². The zero-order valence-corrected chi connectivity index (χ0v) is 10.8. The van der Waals surface area contributed by atoms with E-state index in [4.69, 9.17) is 11.6 Å². The number of aromatic nitrogens is 2. The third-order valence-corrected chi connectivity index (χ3v) is 3.17. The number of fused-ring (bicyclic) bond motifs is 1. The summed E-state index contributed by atoms with van der Waals surface area (Å²) in [5.74, 6) is -0.263. The number of hydrogen-bond donors (Lipinski definition) is 2. The van der Waals surface area contributed by atoms with Gasteiger partial charge in [-0.2, -0.15) is 0 Å². The van der Waals surface area contributed by atoms with E-state index in [2.05, 4.69) is 9.97 Å². The first-order chi connectivity index (χ1) is 9.54. The molecule has 100 valence electrons. The monoisotopic (exact) mass is 290 g/mol. The Morgan fingerprint density at radius 2 is 2.00 bits per heavy atom. The van der Waals surface area contributed by atoms with Crippen LogP contribution in [0.2, 0.25) is 5.02 Å². The molecule has 0 fully saturated rings. The number of rotatable bonds is 1. The second-order valence-corrected chi connectivity index (χ2v) is 4.65. The highest BCUT2D eigenvalue weighted by Gasteiger charge is 2.08. The van der Waals surface area contributed by atoms with Crippen molar-refractivity contribution in [3.05, 3.63) is 57.6 Å². The van der Waals surface area contributed by atoms with E-state index in [0.29, 0.717) is 11.1 Å². The maximum atomic E-state index is 13.1. The number of nitrogens with one attached hydrogen (secondary N) is 1. The van der Waals surface area contributed by atoms with Gasteiger partial charge >= 0.3 is 0 Å². The van der Waals surface area contributed by atoms with Gasteiger partial charge in [-0.15, -0.1) is 0 Å². The molecule has 0 atom stereocenters. The lowest BCUT2D eigenvalue weighted by Gasteiger charge is -2.04. The van der Waals surface area contributed by atoms with Gasteiger partial charge in [-0.05, 0) is 36.4 Å². The lowest BCUT2D eigenvalue weighted by Crippen LogP contribution is -2.09. The molecule has 0 aliphatic heterocycles. The first-order valence-electron chi connectivity index (χ1n) is 5.73. The van der Waals surface area contributed by atoms with E-state index in [9.17, 15) is 14.3 Å². The van der Waals surface area contributed by atoms with E-state index >= 15 is 0 Å². The molecule has 0 saturated carbocycles. The van der Waals surface area contributed by atoms with E-state index in [1.54, 1.807) is 0 Å². The SMILES string of the molecule is O=c1[nH]c(-c2ccc(F)c(Cl)c2)nc2ccc(O)cc12. The maximum absolute atomic E-state index is 13.1. The van der Waals surface area contributed by atoms with Crippen LogP contribution in [0.1, 0.15) is 0 Å². The molecule has 0 aliphatic rings. The van der Waals surface area contributed by atoms with Crippen LogP contribution >= 0.6 is 11.6 Å². The largest absolute Gasteiger partial charge is 0.508 e. The van der Waals surface area contributed by atoms with Crippen molar-refractivity contribution in [1.82, 2.24) is 9.97 Å². The Balaban J connectivity index is 2.24. The summed E-state index contributed by atoms with van der Waals surface area (Å²) in [4.78, 5) is 18.8. The zero-order valence-electron chi connectivity index (χ0n) is 10.0. The normalized spacial score (nSPS) is 10.9. The number of aromatic hydroxyl groups is 1. The van der Waals surface area contributed by atoms with Crippen LogP contribution in [-0.4, -0.2) is 15.1 Å². The van der Waals surface area contributed by atoms with Crippen LogP contribution in [0, 0.1) is 5.82 Å². The summed E-state index contributed by atoms with van der Waals surface area (Å²) in [7, 11) is 0. The molecule has 20 heavy (non-hydrogen) atoms. The minimum atomic E-state index is -0.538. The van der Waals surface area contributed by atoms with E-state index in [1.165, 1.54) is 36.4 Å². The molecule has 0 saturated heterocycles. The number of nitrogens with zero attached hydrogens (tertiary/aromatic N) is 1. The van der Waals surface area contributed by atoms with Gasteiger partial charge in [-0.25, -0.2) is 9.37 Å². The van der Waals surface area contributed by atoms with Gasteiger partial charge in [-0.1, -0.05) is 11.6 Å². The van der Waals surface area contributed by atoms with Gasteiger partial charge < -0.3 is 10.1 Å². The molecule has 0 bridgehead atoms. The standard InChI is InChI=1S/C14H8ClFN2O2/c15-10-5-7(1-3-11(10)16)13-17-12-4-2-8(19)6-9(12)14(20)18-13/h1-6,19H,(H,17,18,20). The highest BCUT2D eigenvalue weighted by Crippen LogP contribution is 2.23. The topological polar surface area (TPSA) is 66.0 Å². The van der Waals surface area contributed by atoms with E-state index in [-0.39, 0.29) is 27.5 Å². The Kier molecular flexibility index (Phi) is 2.91. The second-order valence-electron chi connectivity index (χ2n) is 4.24. The highest BCUT2D eigenvalue weighted by atomic mass is 35.5. The molecule has 0 spiro atoms. The van der Waals surface area contributed by atoms with E-state index in [1.807, 2.05) is 0 Å². The van der Waals surface area contributed by atoms with Crippen molar-refractivity contribution in [3.63, 3.8) is 0 Å². The smallest absolute Gasteiger partial charge is 0.259 e. The first kappa shape index (κ1) is 12.6. The number of H-pyrrole nitrogens is 1. The van der Waals surface area contributed by atoms with Crippen LogP contribution < -0.4 is 5.56 Å². The molecule has 3 aromatic rings. The van der Waals surface area contributed by atoms with E-state index in [0.717, 1.165) is 0 Å². The highest BCUT2D eigenvalue weighted by molar-refractivity contribution is 6.31. The molecular weight excluding hydrogens is 283 g/mol. The molecule has 4 nitrogen and oxygen atoms in total. The zero-order chi connectivity index (χ0) is 14.3. The number of phenols is 1. The third-order valence-electron chi connectivity index (χ3n) is 2.88. The molecule has 2 N–H and O–H groups in total. The summed E-state index contributed by atoms with van der Waals surface area (Å²) >= 11 is 5.71. The van der Waals surface area contributed by atoms with Crippen LogP contribution in [0.25, 0.3) is 22.3 Å². The fourth-order valence-electron chi connectivity index (χ4n) is 1.91. The quantitative estimate of drug-likeness (QED) is 0.724. The van der Waals surface area contributed by atoms with Gasteiger partial charge in [0.1, 0.15) is 17.4 Å². The first-order valence-corrected chi connectivity index (χ1v) is 6.11. The Morgan fingerprint density at radius 3 is 2.75 bits per heavy atom. The number of halogens is 2. The van der Waals surface area contributed by atoms with Crippen LogP contribution in [-0.2, 0) is 0 Å².